The zero-order chi connectivity index (χ0) is 14.7. The van der Waals surface area contributed by atoms with Gasteiger partial charge in [-0.3, -0.25) is 0 Å². The lowest BCUT2D eigenvalue weighted by Gasteiger charge is -2.22. The molecule has 0 saturated heterocycles. The van der Waals surface area contributed by atoms with Crippen LogP contribution in [0, 0.1) is 0 Å². The summed E-state index contributed by atoms with van der Waals surface area (Å²) in [7, 11) is 1.61. The molecule has 1 aromatic carbocycles. The number of rotatable bonds is 4. The molecule has 4 heteroatoms. The van der Waals surface area contributed by atoms with Gasteiger partial charge in [0.2, 0.25) is 5.88 Å². The maximum absolute atomic E-state index is 6.18. The Bertz CT molecular complexity index is 628. The average Bonchev–Trinajstić information content (AvgIpc) is 2.54. The van der Waals surface area contributed by atoms with Crippen molar-refractivity contribution in [3.8, 4) is 11.6 Å². The molecule has 2 N–H and O–H groups in total. The van der Waals surface area contributed by atoms with E-state index in [9.17, 15) is 0 Å². The second-order valence-corrected chi connectivity index (χ2v) is 5.32. The van der Waals surface area contributed by atoms with Crippen molar-refractivity contribution in [3.05, 3.63) is 53.2 Å². The molecule has 21 heavy (non-hydrogen) atoms. The van der Waals surface area contributed by atoms with Crippen LogP contribution in [0.15, 0.2) is 36.4 Å². The molecule has 2 aromatic rings. The fraction of sp³-hybridized carbons (Fsp3) is 0.353. The molecule has 1 aromatic heterocycles. The van der Waals surface area contributed by atoms with Crippen LogP contribution in [0.5, 0.6) is 11.6 Å². The van der Waals surface area contributed by atoms with E-state index in [-0.39, 0.29) is 6.04 Å². The molecule has 0 amide bonds. The molecule has 0 bridgehead atoms. The lowest BCUT2D eigenvalue weighted by molar-refractivity contribution is 0.297. The first-order chi connectivity index (χ1) is 10.3. The van der Waals surface area contributed by atoms with Gasteiger partial charge in [0, 0.05) is 12.1 Å². The van der Waals surface area contributed by atoms with Gasteiger partial charge in [-0.05, 0) is 48.6 Å². The second-order valence-electron chi connectivity index (χ2n) is 5.32. The standard InChI is InChI=1S/C17H20N2O2/c1-20-17-7-3-5-13(19-17)11-21-14-9-8-12-4-2-6-16(18)15(12)10-14/h3,5,7-10,16H,2,4,6,11,18H2,1H3/t16-/m0/s1. The molecule has 0 radical (unpaired) electrons. The number of benzene rings is 1. The maximum Gasteiger partial charge on any atom is 0.213 e. The van der Waals surface area contributed by atoms with Crippen LogP contribution in [0.4, 0.5) is 0 Å². The fourth-order valence-electron chi connectivity index (χ4n) is 2.71. The van der Waals surface area contributed by atoms with Crippen molar-refractivity contribution in [1.82, 2.24) is 4.98 Å². The number of aromatic nitrogens is 1. The van der Waals surface area contributed by atoms with Gasteiger partial charge >= 0.3 is 0 Å². The Morgan fingerprint density at radius 2 is 2.19 bits per heavy atom. The molecule has 0 saturated carbocycles. The van der Waals surface area contributed by atoms with Gasteiger partial charge in [0.1, 0.15) is 12.4 Å². The minimum absolute atomic E-state index is 0.132. The first-order valence-electron chi connectivity index (χ1n) is 7.27. The third-order valence-electron chi connectivity index (χ3n) is 3.86. The van der Waals surface area contributed by atoms with Crippen LogP contribution in [0.3, 0.4) is 0 Å². The zero-order valence-electron chi connectivity index (χ0n) is 12.2. The highest BCUT2D eigenvalue weighted by Crippen LogP contribution is 2.31. The Morgan fingerprint density at radius 1 is 1.29 bits per heavy atom. The van der Waals surface area contributed by atoms with Crippen molar-refractivity contribution in [2.75, 3.05) is 7.11 Å². The molecular formula is C17H20N2O2. The maximum atomic E-state index is 6.18. The summed E-state index contributed by atoms with van der Waals surface area (Å²) in [6.07, 6.45) is 3.33. The van der Waals surface area contributed by atoms with E-state index in [1.165, 1.54) is 17.5 Å². The van der Waals surface area contributed by atoms with Crippen LogP contribution in [-0.4, -0.2) is 12.1 Å². The van der Waals surface area contributed by atoms with Gasteiger partial charge in [0.15, 0.2) is 0 Å². The van der Waals surface area contributed by atoms with E-state index in [1.807, 2.05) is 24.3 Å². The van der Waals surface area contributed by atoms with Crippen LogP contribution in [0.25, 0.3) is 0 Å². The summed E-state index contributed by atoms with van der Waals surface area (Å²) in [5.41, 5.74) is 9.59. The lowest BCUT2D eigenvalue weighted by Crippen LogP contribution is -2.17. The molecule has 3 rings (SSSR count). The lowest BCUT2D eigenvalue weighted by atomic mass is 9.88. The van der Waals surface area contributed by atoms with Crippen molar-refractivity contribution in [2.24, 2.45) is 5.73 Å². The fourth-order valence-corrected chi connectivity index (χ4v) is 2.71. The number of methoxy groups -OCH3 is 1. The van der Waals surface area contributed by atoms with E-state index < -0.39 is 0 Å². The molecule has 0 fully saturated rings. The smallest absolute Gasteiger partial charge is 0.213 e. The van der Waals surface area contributed by atoms with Gasteiger partial charge in [-0.15, -0.1) is 0 Å². The van der Waals surface area contributed by atoms with Crippen LogP contribution >= 0.6 is 0 Å². The third kappa shape index (κ3) is 3.16. The number of nitrogens with zero attached hydrogens (tertiary/aromatic N) is 1. The van der Waals surface area contributed by atoms with Crippen molar-refractivity contribution >= 4 is 0 Å². The van der Waals surface area contributed by atoms with E-state index in [0.717, 1.165) is 24.3 Å². The second kappa shape index (κ2) is 6.14. The number of hydrogen-bond acceptors (Lipinski definition) is 4. The molecule has 1 heterocycles. The van der Waals surface area contributed by atoms with Crippen molar-refractivity contribution in [3.63, 3.8) is 0 Å². The highest BCUT2D eigenvalue weighted by atomic mass is 16.5. The Labute approximate surface area is 124 Å². The highest BCUT2D eigenvalue weighted by molar-refractivity contribution is 5.39. The van der Waals surface area contributed by atoms with Crippen molar-refractivity contribution in [1.29, 1.82) is 0 Å². The van der Waals surface area contributed by atoms with Crippen molar-refractivity contribution < 1.29 is 9.47 Å². The summed E-state index contributed by atoms with van der Waals surface area (Å²) in [5.74, 6) is 1.44. The summed E-state index contributed by atoms with van der Waals surface area (Å²) in [5, 5.41) is 0. The first-order valence-corrected chi connectivity index (χ1v) is 7.27. The molecule has 4 nitrogen and oxygen atoms in total. The molecular weight excluding hydrogens is 264 g/mol. The predicted octanol–water partition coefficient (Wildman–Crippen LogP) is 3.01. The molecule has 110 valence electrons. The minimum atomic E-state index is 0.132. The van der Waals surface area contributed by atoms with E-state index >= 15 is 0 Å². The van der Waals surface area contributed by atoms with E-state index in [2.05, 4.69) is 17.1 Å². The van der Waals surface area contributed by atoms with Crippen LogP contribution in [-0.2, 0) is 13.0 Å². The largest absolute Gasteiger partial charge is 0.487 e. The van der Waals surface area contributed by atoms with Gasteiger partial charge < -0.3 is 15.2 Å². The molecule has 1 aliphatic rings. The van der Waals surface area contributed by atoms with Crippen LogP contribution in [0.1, 0.15) is 35.7 Å². The van der Waals surface area contributed by atoms with Gasteiger partial charge in [0.25, 0.3) is 0 Å². The van der Waals surface area contributed by atoms with Gasteiger partial charge in [-0.25, -0.2) is 4.98 Å². The topological polar surface area (TPSA) is 57.4 Å². The SMILES string of the molecule is COc1cccc(COc2ccc3c(c2)[C@@H](N)CCC3)n1. The van der Waals surface area contributed by atoms with Crippen LogP contribution in [0.2, 0.25) is 0 Å². The van der Waals surface area contributed by atoms with Gasteiger partial charge in [-0.2, -0.15) is 0 Å². The molecule has 1 atom stereocenters. The number of hydrogen-bond donors (Lipinski definition) is 1. The van der Waals surface area contributed by atoms with E-state index in [4.69, 9.17) is 15.2 Å². The number of nitrogens with two attached hydrogens (primary N) is 1. The third-order valence-corrected chi connectivity index (χ3v) is 3.86. The van der Waals surface area contributed by atoms with Gasteiger partial charge in [0.05, 0.1) is 12.8 Å². The van der Waals surface area contributed by atoms with E-state index in [1.54, 1.807) is 7.11 Å². The number of aryl methyl sites for hydroxylation is 1. The Kier molecular flexibility index (Phi) is 4.06. The summed E-state index contributed by atoms with van der Waals surface area (Å²) in [4.78, 5) is 4.34. The van der Waals surface area contributed by atoms with Gasteiger partial charge in [-0.1, -0.05) is 12.1 Å². The summed E-state index contributed by atoms with van der Waals surface area (Å²) < 4.78 is 10.9. The monoisotopic (exact) mass is 284 g/mol. The predicted molar refractivity (Wildman–Crippen MR) is 81.4 cm³/mol. The summed E-state index contributed by atoms with van der Waals surface area (Å²) in [6, 6.07) is 12.0. The average molecular weight is 284 g/mol. The minimum Gasteiger partial charge on any atom is -0.487 e. The number of ether oxygens (including phenoxy) is 2. The number of fused-ring (bicyclic) bond motifs is 1. The van der Waals surface area contributed by atoms with E-state index in [0.29, 0.717) is 12.5 Å². The molecule has 1 aliphatic carbocycles. The highest BCUT2D eigenvalue weighted by Gasteiger charge is 2.17. The molecule has 0 unspecified atom stereocenters. The quantitative estimate of drug-likeness (QED) is 0.937. The molecule has 0 spiro atoms. The zero-order valence-corrected chi connectivity index (χ0v) is 12.2. The molecule has 0 aliphatic heterocycles. The normalized spacial score (nSPS) is 17.1. The van der Waals surface area contributed by atoms with Crippen LogP contribution < -0.4 is 15.2 Å². The first kappa shape index (κ1) is 13.9. The van der Waals surface area contributed by atoms with Crippen molar-refractivity contribution in [2.45, 2.75) is 31.9 Å². The Balaban J connectivity index is 1.72. The summed E-state index contributed by atoms with van der Waals surface area (Å²) >= 11 is 0. The Morgan fingerprint density at radius 3 is 3.05 bits per heavy atom. The Hall–Kier alpha value is -2.07. The summed E-state index contributed by atoms with van der Waals surface area (Å²) in [6.45, 7) is 0.422. The number of pyridine rings is 1.